The Morgan fingerprint density at radius 1 is 0.917 bits per heavy atom. The van der Waals surface area contributed by atoms with Gasteiger partial charge in [0.1, 0.15) is 0 Å². The molecule has 0 spiro atoms. The highest BCUT2D eigenvalue weighted by Crippen LogP contribution is 2.49. The summed E-state index contributed by atoms with van der Waals surface area (Å²) in [6, 6.07) is 20.6. The summed E-state index contributed by atoms with van der Waals surface area (Å²) in [6.07, 6.45) is 0. The van der Waals surface area contributed by atoms with Gasteiger partial charge in [-0.1, -0.05) is 67.2 Å². The van der Waals surface area contributed by atoms with E-state index in [-0.39, 0.29) is 5.97 Å². The van der Waals surface area contributed by atoms with Crippen molar-refractivity contribution in [1.82, 2.24) is 0 Å². The minimum Gasteiger partial charge on any atom is -0.446 e. The highest BCUT2D eigenvalue weighted by Gasteiger charge is 2.40. The van der Waals surface area contributed by atoms with Gasteiger partial charge in [0, 0.05) is 16.7 Å². The van der Waals surface area contributed by atoms with Crippen LogP contribution in [0.25, 0.3) is 21.9 Å². The van der Waals surface area contributed by atoms with Crippen LogP contribution < -0.4 is 0 Å². The lowest BCUT2D eigenvalue weighted by Crippen LogP contribution is -2.33. The first-order valence-electron chi connectivity index (χ1n) is 8.03. The van der Waals surface area contributed by atoms with Gasteiger partial charge < -0.3 is 4.74 Å². The maximum atomic E-state index is 12.3. The smallest absolute Gasteiger partial charge is 0.334 e. The van der Waals surface area contributed by atoms with Crippen molar-refractivity contribution in [3.05, 3.63) is 83.9 Å². The monoisotopic (exact) mass is 314 g/mol. The molecule has 0 fully saturated rings. The number of esters is 1. The largest absolute Gasteiger partial charge is 0.446 e. The van der Waals surface area contributed by atoms with E-state index in [0.717, 1.165) is 27.5 Å². The van der Waals surface area contributed by atoms with Gasteiger partial charge in [-0.15, -0.1) is 0 Å². The number of carbonyl (C=O) groups excluding carboxylic acids is 1. The Morgan fingerprint density at radius 2 is 1.54 bits per heavy atom. The van der Waals surface area contributed by atoms with Crippen LogP contribution in [0.2, 0.25) is 0 Å². The van der Waals surface area contributed by atoms with Gasteiger partial charge in [-0.05, 0) is 35.7 Å². The molecule has 0 bridgehead atoms. The zero-order valence-electron chi connectivity index (χ0n) is 13.8. The molecule has 0 aliphatic heterocycles. The second-order valence-electron chi connectivity index (χ2n) is 6.46. The van der Waals surface area contributed by atoms with E-state index >= 15 is 0 Å². The lowest BCUT2D eigenvalue weighted by molar-refractivity contribution is -0.150. The molecular weight excluding hydrogens is 296 g/mol. The number of hydrogen-bond donors (Lipinski definition) is 0. The van der Waals surface area contributed by atoms with Gasteiger partial charge in [-0.25, -0.2) is 4.79 Å². The van der Waals surface area contributed by atoms with Crippen LogP contribution in [0.3, 0.4) is 0 Å². The van der Waals surface area contributed by atoms with Crippen molar-refractivity contribution < 1.29 is 9.53 Å². The summed E-state index contributed by atoms with van der Waals surface area (Å²) < 4.78 is 5.98. The van der Waals surface area contributed by atoms with Gasteiger partial charge >= 0.3 is 5.97 Å². The molecule has 1 aliphatic rings. The van der Waals surface area contributed by atoms with Gasteiger partial charge in [0.25, 0.3) is 0 Å². The summed E-state index contributed by atoms with van der Waals surface area (Å²) in [4.78, 5) is 12.3. The van der Waals surface area contributed by atoms with Crippen LogP contribution in [0.1, 0.15) is 25.0 Å². The zero-order chi connectivity index (χ0) is 16.9. The average Bonchev–Trinajstić information content (AvgIpc) is 2.59. The molecule has 0 saturated heterocycles. The standard InChI is InChI=1S/C22H18O2/c1-14(2)21(23)24-22(3)18-12-5-4-10-16(18)17-11-6-8-15-9-7-13-19(22)20(15)17/h4-13H,1H2,2-3H3. The van der Waals surface area contributed by atoms with Crippen molar-refractivity contribution in [3.8, 4) is 11.1 Å². The predicted octanol–water partition coefficient (Wildman–Crippen LogP) is 5.20. The van der Waals surface area contributed by atoms with E-state index in [0.29, 0.717) is 5.57 Å². The Morgan fingerprint density at radius 3 is 2.29 bits per heavy atom. The van der Waals surface area contributed by atoms with Gasteiger partial charge in [-0.3, -0.25) is 0 Å². The molecular formula is C22H18O2. The number of carbonyl (C=O) groups is 1. The number of hydrogen-bond acceptors (Lipinski definition) is 2. The van der Waals surface area contributed by atoms with Crippen LogP contribution in [0.15, 0.2) is 72.8 Å². The summed E-state index contributed by atoms with van der Waals surface area (Å²) >= 11 is 0. The molecule has 2 heteroatoms. The Balaban J connectivity index is 2.09. The fraction of sp³-hybridized carbons (Fsp3) is 0.136. The lowest BCUT2D eigenvalue weighted by Gasteiger charge is -2.37. The van der Waals surface area contributed by atoms with Crippen LogP contribution in [0.4, 0.5) is 0 Å². The highest BCUT2D eigenvalue weighted by atomic mass is 16.6. The fourth-order valence-corrected chi connectivity index (χ4v) is 3.62. The second-order valence-corrected chi connectivity index (χ2v) is 6.46. The number of ether oxygens (including phenoxy) is 1. The Labute approximate surface area is 141 Å². The fourth-order valence-electron chi connectivity index (χ4n) is 3.62. The number of fused-ring (bicyclic) bond motifs is 2. The topological polar surface area (TPSA) is 26.3 Å². The van der Waals surface area contributed by atoms with Gasteiger partial charge in [0.05, 0.1) is 0 Å². The average molecular weight is 314 g/mol. The van der Waals surface area contributed by atoms with Crippen LogP contribution in [-0.2, 0) is 15.1 Å². The molecule has 0 amide bonds. The molecule has 3 aromatic rings. The molecule has 1 unspecified atom stereocenters. The first-order chi connectivity index (χ1) is 11.5. The van der Waals surface area contributed by atoms with Crippen molar-refractivity contribution in [1.29, 1.82) is 0 Å². The van der Waals surface area contributed by atoms with E-state index in [1.165, 1.54) is 5.56 Å². The maximum Gasteiger partial charge on any atom is 0.334 e. The Kier molecular flexibility index (Phi) is 3.10. The molecule has 118 valence electrons. The van der Waals surface area contributed by atoms with Crippen molar-refractivity contribution in [2.24, 2.45) is 0 Å². The summed E-state index contributed by atoms with van der Waals surface area (Å²) in [6.45, 7) is 7.37. The van der Waals surface area contributed by atoms with Crippen molar-refractivity contribution >= 4 is 16.7 Å². The summed E-state index contributed by atoms with van der Waals surface area (Å²) in [5, 5.41) is 2.30. The Hall–Kier alpha value is -2.87. The van der Waals surface area contributed by atoms with E-state index in [4.69, 9.17) is 4.74 Å². The summed E-state index contributed by atoms with van der Waals surface area (Å²) in [5.74, 6) is -0.372. The summed E-state index contributed by atoms with van der Waals surface area (Å²) in [7, 11) is 0. The quantitative estimate of drug-likeness (QED) is 0.480. The number of rotatable bonds is 2. The van der Waals surface area contributed by atoms with Crippen LogP contribution in [0, 0.1) is 0 Å². The molecule has 0 saturated carbocycles. The maximum absolute atomic E-state index is 12.3. The molecule has 1 aliphatic carbocycles. The molecule has 0 N–H and O–H groups in total. The van der Waals surface area contributed by atoms with Gasteiger partial charge in [0.2, 0.25) is 0 Å². The minimum atomic E-state index is -0.833. The highest BCUT2D eigenvalue weighted by molar-refractivity contribution is 6.03. The van der Waals surface area contributed by atoms with E-state index in [1.54, 1.807) is 6.92 Å². The Bertz CT molecular complexity index is 995. The number of benzene rings is 3. The van der Waals surface area contributed by atoms with Crippen molar-refractivity contribution in [2.75, 3.05) is 0 Å². The molecule has 0 aromatic heterocycles. The van der Waals surface area contributed by atoms with Crippen molar-refractivity contribution in [3.63, 3.8) is 0 Å². The molecule has 0 heterocycles. The third-order valence-corrected chi connectivity index (χ3v) is 4.80. The normalized spacial score (nSPS) is 18.1. The third-order valence-electron chi connectivity index (χ3n) is 4.80. The molecule has 1 atom stereocenters. The molecule has 0 radical (unpaired) electrons. The second kappa shape index (κ2) is 5.07. The molecule has 3 aromatic carbocycles. The minimum absolute atomic E-state index is 0.372. The molecule has 24 heavy (non-hydrogen) atoms. The lowest BCUT2D eigenvalue weighted by atomic mass is 9.74. The predicted molar refractivity (Wildman–Crippen MR) is 96.7 cm³/mol. The first kappa shape index (κ1) is 14.7. The van der Waals surface area contributed by atoms with Gasteiger partial charge in [-0.2, -0.15) is 0 Å². The SMILES string of the molecule is C=C(C)C(=O)OC1(C)c2ccccc2-c2cccc3cccc1c23. The van der Waals surface area contributed by atoms with E-state index < -0.39 is 5.60 Å². The first-order valence-corrected chi connectivity index (χ1v) is 8.03. The van der Waals surface area contributed by atoms with E-state index in [9.17, 15) is 4.79 Å². The van der Waals surface area contributed by atoms with E-state index in [2.05, 4.69) is 36.9 Å². The molecule has 2 nitrogen and oxygen atoms in total. The van der Waals surface area contributed by atoms with E-state index in [1.807, 2.05) is 37.3 Å². The van der Waals surface area contributed by atoms with Gasteiger partial charge in [0.15, 0.2) is 5.60 Å². The van der Waals surface area contributed by atoms with Crippen LogP contribution >= 0.6 is 0 Å². The zero-order valence-corrected chi connectivity index (χ0v) is 13.8. The van der Waals surface area contributed by atoms with Crippen LogP contribution in [0.5, 0.6) is 0 Å². The molecule has 4 rings (SSSR count). The summed E-state index contributed by atoms with van der Waals surface area (Å²) in [5.41, 5.74) is 3.89. The third kappa shape index (κ3) is 1.93. The van der Waals surface area contributed by atoms with Crippen molar-refractivity contribution in [2.45, 2.75) is 19.4 Å². The van der Waals surface area contributed by atoms with Crippen LogP contribution in [-0.4, -0.2) is 5.97 Å².